The fourth-order valence-electron chi connectivity index (χ4n) is 2.74. The molecule has 0 radical (unpaired) electrons. The van der Waals surface area contributed by atoms with E-state index in [1.807, 2.05) is 18.2 Å². The van der Waals surface area contributed by atoms with E-state index in [0.29, 0.717) is 5.82 Å². The molecular formula is C14H19N5O. The zero-order valence-corrected chi connectivity index (χ0v) is 11.2. The smallest absolute Gasteiger partial charge is 0.227 e. The second kappa shape index (κ2) is 5.13. The normalized spacial score (nSPS) is 22.9. The highest BCUT2D eigenvalue weighted by molar-refractivity contribution is 5.97. The lowest BCUT2D eigenvalue weighted by atomic mass is 9.86. The largest absolute Gasteiger partial charge is 0.382 e. The van der Waals surface area contributed by atoms with E-state index >= 15 is 0 Å². The fourth-order valence-corrected chi connectivity index (χ4v) is 2.74. The summed E-state index contributed by atoms with van der Waals surface area (Å²) >= 11 is 0. The number of hydrogen-bond acceptors (Lipinski definition) is 4. The van der Waals surface area contributed by atoms with Gasteiger partial charge in [-0.15, -0.1) is 0 Å². The second-order valence-corrected chi connectivity index (χ2v) is 5.47. The van der Waals surface area contributed by atoms with Gasteiger partial charge in [0.05, 0.1) is 5.52 Å². The zero-order valence-electron chi connectivity index (χ0n) is 11.2. The first kappa shape index (κ1) is 12.9. The van der Waals surface area contributed by atoms with Crippen molar-refractivity contribution in [2.24, 2.45) is 11.7 Å². The van der Waals surface area contributed by atoms with Crippen molar-refractivity contribution in [3.05, 3.63) is 18.2 Å². The molecular weight excluding hydrogens is 254 g/mol. The lowest BCUT2D eigenvalue weighted by Gasteiger charge is -2.25. The van der Waals surface area contributed by atoms with Crippen LogP contribution in [0.25, 0.3) is 10.9 Å². The minimum Gasteiger partial charge on any atom is -0.382 e. The van der Waals surface area contributed by atoms with Gasteiger partial charge in [0.2, 0.25) is 5.91 Å². The number of anilines is 2. The Hall–Kier alpha value is -2.08. The van der Waals surface area contributed by atoms with Gasteiger partial charge in [0.25, 0.3) is 0 Å². The minimum absolute atomic E-state index is 0.0622. The first-order valence-electron chi connectivity index (χ1n) is 6.93. The van der Waals surface area contributed by atoms with Gasteiger partial charge < -0.3 is 16.8 Å². The molecule has 1 aliphatic carbocycles. The van der Waals surface area contributed by atoms with E-state index in [-0.39, 0.29) is 17.9 Å². The number of H-pyrrole nitrogens is 1. The maximum atomic E-state index is 12.2. The van der Waals surface area contributed by atoms with E-state index < -0.39 is 0 Å². The minimum atomic E-state index is 0.0622. The summed E-state index contributed by atoms with van der Waals surface area (Å²) in [5, 5.41) is 10.6. The lowest BCUT2D eigenvalue weighted by molar-refractivity contribution is -0.120. The third-order valence-electron chi connectivity index (χ3n) is 4.00. The van der Waals surface area contributed by atoms with Gasteiger partial charge >= 0.3 is 0 Å². The Kier molecular flexibility index (Phi) is 3.31. The molecule has 0 spiro atoms. The van der Waals surface area contributed by atoms with Crippen LogP contribution >= 0.6 is 0 Å². The molecule has 1 aromatic heterocycles. The summed E-state index contributed by atoms with van der Waals surface area (Å²) in [6.45, 7) is 0. The van der Waals surface area contributed by atoms with Crippen LogP contribution in [0.2, 0.25) is 0 Å². The van der Waals surface area contributed by atoms with Gasteiger partial charge in [-0.05, 0) is 43.9 Å². The average Bonchev–Trinajstić information content (AvgIpc) is 2.81. The van der Waals surface area contributed by atoms with Gasteiger partial charge in [0, 0.05) is 23.0 Å². The number of aromatic amines is 1. The Morgan fingerprint density at radius 2 is 2.05 bits per heavy atom. The lowest BCUT2D eigenvalue weighted by Crippen LogP contribution is -2.32. The molecule has 1 aliphatic rings. The topological polar surface area (TPSA) is 110 Å². The predicted octanol–water partition coefficient (Wildman–Crippen LogP) is 1.60. The summed E-state index contributed by atoms with van der Waals surface area (Å²) in [7, 11) is 0. The number of benzene rings is 1. The predicted molar refractivity (Wildman–Crippen MR) is 79.1 cm³/mol. The van der Waals surface area contributed by atoms with Crippen molar-refractivity contribution in [1.82, 2.24) is 10.2 Å². The van der Waals surface area contributed by atoms with E-state index in [0.717, 1.165) is 42.3 Å². The van der Waals surface area contributed by atoms with E-state index in [1.54, 1.807) is 0 Å². The maximum absolute atomic E-state index is 12.2. The number of nitrogens with two attached hydrogens (primary N) is 2. The van der Waals surface area contributed by atoms with Crippen LogP contribution in [0.4, 0.5) is 11.5 Å². The number of carbonyl (C=O) groups is 1. The third-order valence-corrected chi connectivity index (χ3v) is 4.00. The van der Waals surface area contributed by atoms with Crippen molar-refractivity contribution in [2.75, 3.05) is 11.1 Å². The van der Waals surface area contributed by atoms with Crippen molar-refractivity contribution in [3.8, 4) is 0 Å². The van der Waals surface area contributed by atoms with E-state index in [4.69, 9.17) is 11.5 Å². The van der Waals surface area contributed by atoms with Gasteiger partial charge in [0.15, 0.2) is 5.82 Å². The van der Waals surface area contributed by atoms with Crippen LogP contribution in [0.1, 0.15) is 25.7 Å². The Morgan fingerprint density at radius 1 is 1.30 bits per heavy atom. The van der Waals surface area contributed by atoms with Crippen molar-refractivity contribution >= 4 is 28.3 Å². The number of aromatic nitrogens is 2. The summed E-state index contributed by atoms with van der Waals surface area (Å²) in [4.78, 5) is 12.2. The number of nitrogens with one attached hydrogen (secondary N) is 2. The molecule has 2 aromatic rings. The van der Waals surface area contributed by atoms with Gasteiger partial charge in [-0.2, -0.15) is 5.10 Å². The van der Waals surface area contributed by atoms with E-state index in [2.05, 4.69) is 15.5 Å². The van der Waals surface area contributed by atoms with E-state index in [9.17, 15) is 4.79 Å². The second-order valence-electron chi connectivity index (χ2n) is 5.47. The molecule has 20 heavy (non-hydrogen) atoms. The molecule has 6 N–H and O–H groups in total. The van der Waals surface area contributed by atoms with Crippen LogP contribution in [0.5, 0.6) is 0 Å². The molecule has 0 bridgehead atoms. The van der Waals surface area contributed by atoms with Crippen LogP contribution in [0, 0.1) is 5.92 Å². The highest BCUT2D eigenvalue weighted by Gasteiger charge is 2.24. The molecule has 0 unspecified atom stereocenters. The van der Waals surface area contributed by atoms with Crippen LogP contribution in [0.15, 0.2) is 18.2 Å². The molecule has 6 heteroatoms. The number of amides is 1. The molecule has 3 rings (SSSR count). The summed E-state index contributed by atoms with van der Waals surface area (Å²) < 4.78 is 0. The number of carbonyl (C=O) groups excluding carboxylic acids is 1. The molecule has 0 aliphatic heterocycles. The Morgan fingerprint density at radius 3 is 2.80 bits per heavy atom. The van der Waals surface area contributed by atoms with Crippen molar-refractivity contribution < 1.29 is 4.79 Å². The highest BCUT2D eigenvalue weighted by atomic mass is 16.1. The summed E-state index contributed by atoms with van der Waals surface area (Å²) in [5.74, 6) is 0.574. The summed E-state index contributed by atoms with van der Waals surface area (Å²) in [6, 6.07) is 5.82. The van der Waals surface area contributed by atoms with Crippen LogP contribution in [0.3, 0.4) is 0 Å². The molecule has 1 heterocycles. The Bertz CT molecular complexity index is 628. The summed E-state index contributed by atoms with van der Waals surface area (Å²) in [5.41, 5.74) is 13.2. The first-order valence-corrected chi connectivity index (χ1v) is 6.93. The molecule has 1 saturated carbocycles. The molecule has 1 aromatic carbocycles. The van der Waals surface area contributed by atoms with Gasteiger partial charge in [-0.25, -0.2) is 0 Å². The average molecular weight is 273 g/mol. The van der Waals surface area contributed by atoms with Crippen molar-refractivity contribution in [2.45, 2.75) is 31.7 Å². The molecule has 6 nitrogen and oxygen atoms in total. The van der Waals surface area contributed by atoms with Crippen molar-refractivity contribution in [3.63, 3.8) is 0 Å². The molecule has 1 fully saturated rings. The van der Waals surface area contributed by atoms with Crippen LogP contribution in [-0.2, 0) is 4.79 Å². The molecule has 0 atom stereocenters. The Balaban J connectivity index is 1.72. The fraction of sp³-hybridized carbons (Fsp3) is 0.429. The number of nitrogen functional groups attached to an aromatic ring is 1. The van der Waals surface area contributed by atoms with Gasteiger partial charge in [-0.1, -0.05) is 0 Å². The first-order chi connectivity index (χ1) is 9.63. The number of nitrogens with zero attached hydrogens (tertiary/aromatic N) is 1. The number of fused-ring (bicyclic) bond motifs is 1. The Labute approximate surface area is 116 Å². The van der Waals surface area contributed by atoms with Crippen LogP contribution in [-0.4, -0.2) is 22.1 Å². The van der Waals surface area contributed by atoms with Crippen molar-refractivity contribution in [1.29, 1.82) is 0 Å². The quantitative estimate of drug-likeness (QED) is 0.666. The number of hydrogen-bond donors (Lipinski definition) is 4. The van der Waals surface area contributed by atoms with Crippen LogP contribution < -0.4 is 16.8 Å². The third kappa shape index (κ3) is 2.46. The SMILES string of the molecule is Nc1n[nH]c2ccc(NC(=O)C3CCC(N)CC3)cc12. The highest BCUT2D eigenvalue weighted by Crippen LogP contribution is 2.26. The number of rotatable bonds is 2. The van der Waals surface area contributed by atoms with Gasteiger partial charge in [-0.3, -0.25) is 9.89 Å². The van der Waals surface area contributed by atoms with Gasteiger partial charge in [0.1, 0.15) is 0 Å². The maximum Gasteiger partial charge on any atom is 0.227 e. The monoisotopic (exact) mass is 273 g/mol. The molecule has 1 amide bonds. The molecule has 106 valence electrons. The zero-order chi connectivity index (χ0) is 14.1. The van der Waals surface area contributed by atoms with E-state index in [1.165, 1.54) is 0 Å². The summed E-state index contributed by atoms with van der Waals surface area (Å²) in [6.07, 6.45) is 3.57. The molecule has 0 saturated heterocycles. The standard InChI is InChI=1S/C14H19N5O/c15-9-3-1-8(2-4-9)14(20)17-10-5-6-12-11(7-10)13(16)19-18-12/h5-9H,1-4,15H2,(H,17,20)(H3,16,18,19).